The second-order valence-corrected chi connectivity index (χ2v) is 7.26. The summed E-state index contributed by atoms with van der Waals surface area (Å²) in [6.07, 6.45) is 5.75. The van der Waals surface area contributed by atoms with Crippen LogP contribution in [0.2, 0.25) is 5.02 Å². The topological polar surface area (TPSA) is 95.6 Å². The number of hydrogen-bond donors (Lipinski definition) is 1. The van der Waals surface area contributed by atoms with E-state index in [1.807, 2.05) is 35.0 Å². The zero-order chi connectivity index (χ0) is 18.4. The molecule has 4 aromatic rings. The molecule has 0 aliphatic heterocycles. The predicted octanol–water partition coefficient (Wildman–Crippen LogP) is 3.59. The average Bonchev–Trinajstić information content (AvgIpc) is 3.28. The first-order valence-corrected chi connectivity index (χ1v) is 9.21. The highest BCUT2D eigenvalue weighted by Crippen LogP contribution is 2.38. The standard InChI is InChI=1S/C19H17ClN6O/c20-15-4-2-1-3-12(15)10-26-18-13(9-23-26)7-14(8-22-18)19-24-17(25-27-19)16(21)11-5-6-11/h1-4,7-9,11,16H,5-6,10,21H2. The summed E-state index contributed by atoms with van der Waals surface area (Å²) < 4.78 is 7.21. The van der Waals surface area contributed by atoms with Crippen LogP contribution in [0, 0.1) is 5.92 Å². The highest BCUT2D eigenvalue weighted by Gasteiger charge is 2.32. The maximum Gasteiger partial charge on any atom is 0.259 e. The smallest absolute Gasteiger partial charge is 0.259 e. The third-order valence-electron chi connectivity index (χ3n) is 4.87. The number of aromatic nitrogens is 5. The molecule has 136 valence electrons. The van der Waals surface area contributed by atoms with Gasteiger partial charge in [0, 0.05) is 16.6 Å². The Hall–Kier alpha value is -2.77. The van der Waals surface area contributed by atoms with Crippen molar-refractivity contribution in [3.05, 3.63) is 59.1 Å². The molecule has 5 rings (SSSR count). The Morgan fingerprint density at radius 2 is 2.11 bits per heavy atom. The van der Waals surface area contributed by atoms with Crippen LogP contribution in [-0.2, 0) is 6.54 Å². The van der Waals surface area contributed by atoms with Gasteiger partial charge in [-0.3, -0.25) is 0 Å². The highest BCUT2D eigenvalue weighted by atomic mass is 35.5. The van der Waals surface area contributed by atoms with Crippen molar-refractivity contribution in [2.45, 2.75) is 25.4 Å². The van der Waals surface area contributed by atoms with Gasteiger partial charge in [-0.05, 0) is 36.5 Å². The molecule has 1 aliphatic carbocycles. The number of benzene rings is 1. The Kier molecular flexibility index (Phi) is 3.91. The van der Waals surface area contributed by atoms with E-state index in [0.29, 0.717) is 29.2 Å². The van der Waals surface area contributed by atoms with Crippen LogP contribution in [0.15, 0.2) is 47.2 Å². The highest BCUT2D eigenvalue weighted by molar-refractivity contribution is 6.31. The van der Waals surface area contributed by atoms with Crippen molar-refractivity contribution in [2.75, 3.05) is 0 Å². The molecule has 1 atom stereocenters. The Morgan fingerprint density at radius 1 is 1.26 bits per heavy atom. The van der Waals surface area contributed by atoms with Crippen LogP contribution < -0.4 is 5.73 Å². The zero-order valence-electron chi connectivity index (χ0n) is 14.4. The van der Waals surface area contributed by atoms with Gasteiger partial charge >= 0.3 is 0 Å². The van der Waals surface area contributed by atoms with Crippen molar-refractivity contribution in [3.8, 4) is 11.5 Å². The van der Waals surface area contributed by atoms with E-state index in [1.165, 1.54) is 0 Å². The van der Waals surface area contributed by atoms with Gasteiger partial charge in [-0.1, -0.05) is 35.0 Å². The lowest BCUT2D eigenvalue weighted by molar-refractivity contribution is 0.411. The molecule has 1 unspecified atom stereocenters. The normalized spacial score (nSPS) is 15.3. The number of pyridine rings is 1. The van der Waals surface area contributed by atoms with Crippen LogP contribution in [0.1, 0.15) is 30.3 Å². The lowest BCUT2D eigenvalue weighted by Gasteiger charge is -2.05. The summed E-state index contributed by atoms with van der Waals surface area (Å²) in [4.78, 5) is 8.99. The third kappa shape index (κ3) is 3.09. The summed E-state index contributed by atoms with van der Waals surface area (Å²) in [5.74, 6) is 1.45. The van der Waals surface area contributed by atoms with E-state index in [0.717, 1.165) is 35.0 Å². The van der Waals surface area contributed by atoms with Crippen molar-refractivity contribution in [3.63, 3.8) is 0 Å². The molecule has 27 heavy (non-hydrogen) atoms. The molecule has 1 saturated carbocycles. The average molecular weight is 381 g/mol. The van der Waals surface area contributed by atoms with Gasteiger partial charge in [0.2, 0.25) is 0 Å². The second kappa shape index (κ2) is 6.44. The van der Waals surface area contributed by atoms with Crippen LogP contribution in [-0.4, -0.2) is 24.9 Å². The predicted molar refractivity (Wildman–Crippen MR) is 101 cm³/mol. The maximum absolute atomic E-state index is 6.25. The Balaban J connectivity index is 1.44. The van der Waals surface area contributed by atoms with Gasteiger partial charge in [0.15, 0.2) is 11.5 Å². The molecular weight excluding hydrogens is 364 g/mol. The molecule has 7 nitrogen and oxygen atoms in total. The zero-order valence-corrected chi connectivity index (χ0v) is 15.2. The largest absolute Gasteiger partial charge is 0.334 e. The number of fused-ring (bicyclic) bond motifs is 1. The van der Waals surface area contributed by atoms with Crippen LogP contribution >= 0.6 is 11.6 Å². The molecule has 3 heterocycles. The molecule has 1 fully saturated rings. The first-order valence-electron chi connectivity index (χ1n) is 8.83. The van der Waals surface area contributed by atoms with Gasteiger partial charge in [0.25, 0.3) is 5.89 Å². The van der Waals surface area contributed by atoms with E-state index in [9.17, 15) is 0 Å². The van der Waals surface area contributed by atoms with Crippen LogP contribution in [0.3, 0.4) is 0 Å². The summed E-state index contributed by atoms with van der Waals surface area (Å²) in [5.41, 5.74) is 8.66. The van der Waals surface area contributed by atoms with Crippen molar-refractivity contribution in [2.24, 2.45) is 11.7 Å². The van der Waals surface area contributed by atoms with E-state index in [-0.39, 0.29) is 6.04 Å². The number of hydrogen-bond acceptors (Lipinski definition) is 6. The lowest BCUT2D eigenvalue weighted by Crippen LogP contribution is -2.13. The maximum atomic E-state index is 6.25. The van der Waals surface area contributed by atoms with Crippen molar-refractivity contribution in [1.82, 2.24) is 24.9 Å². The number of rotatable bonds is 5. The molecule has 0 spiro atoms. The summed E-state index contributed by atoms with van der Waals surface area (Å²) in [6.45, 7) is 0.552. The monoisotopic (exact) mass is 380 g/mol. The first kappa shape index (κ1) is 16.4. The van der Waals surface area contributed by atoms with Gasteiger partial charge in [-0.15, -0.1) is 0 Å². The number of halogens is 1. The molecule has 2 N–H and O–H groups in total. The molecule has 1 aromatic carbocycles. The van der Waals surface area contributed by atoms with E-state index >= 15 is 0 Å². The minimum absolute atomic E-state index is 0.155. The molecular formula is C19H17ClN6O. The van der Waals surface area contributed by atoms with Crippen molar-refractivity contribution < 1.29 is 4.52 Å². The molecule has 0 radical (unpaired) electrons. The van der Waals surface area contributed by atoms with E-state index in [4.69, 9.17) is 21.9 Å². The van der Waals surface area contributed by atoms with Gasteiger partial charge in [0.05, 0.1) is 24.3 Å². The second-order valence-electron chi connectivity index (χ2n) is 6.85. The van der Waals surface area contributed by atoms with E-state index in [2.05, 4.69) is 20.2 Å². The third-order valence-corrected chi connectivity index (χ3v) is 5.24. The fourth-order valence-electron chi connectivity index (χ4n) is 3.15. The quantitative estimate of drug-likeness (QED) is 0.568. The Labute approximate surface area is 160 Å². The van der Waals surface area contributed by atoms with Gasteiger partial charge in [-0.2, -0.15) is 10.1 Å². The lowest BCUT2D eigenvalue weighted by atomic mass is 10.2. The fourth-order valence-corrected chi connectivity index (χ4v) is 3.34. The molecule has 1 aliphatic rings. The summed E-state index contributed by atoms with van der Waals surface area (Å²) >= 11 is 6.25. The number of nitrogens with zero attached hydrogens (tertiary/aromatic N) is 5. The SMILES string of the molecule is NC(c1noc(-c2cnc3c(cnn3Cc3ccccc3Cl)c2)n1)C1CC1. The minimum Gasteiger partial charge on any atom is -0.334 e. The van der Waals surface area contributed by atoms with Crippen molar-refractivity contribution >= 4 is 22.6 Å². The summed E-state index contributed by atoms with van der Waals surface area (Å²) in [5, 5.41) is 10.1. The van der Waals surface area contributed by atoms with Crippen LogP contribution in [0.25, 0.3) is 22.5 Å². The van der Waals surface area contributed by atoms with Crippen LogP contribution in [0.4, 0.5) is 0 Å². The van der Waals surface area contributed by atoms with Crippen molar-refractivity contribution in [1.29, 1.82) is 0 Å². The molecule has 0 bridgehead atoms. The summed E-state index contributed by atoms with van der Waals surface area (Å²) in [6, 6.07) is 9.50. The molecule has 3 aromatic heterocycles. The first-order chi connectivity index (χ1) is 13.2. The molecule has 8 heteroatoms. The van der Waals surface area contributed by atoms with E-state index in [1.54, 1.807) is 12.4 Å². The van der Waals surface area contributed by atoms with Crippen LogP contribution in [0.5, 0.6) is 0 Å². The van der Waals surface area contributed by atoms with E-state index < -0.39 is 0 Å². The minimum atomic E-state index is -0.155. The van der Waals surface area contributed by atoms with Gasteiger partial charge < -0.3 is 10.3 Å². The number of nitrogens with two attached hydrogens (primary N) is 1. The fraction of sp³-hybridized carbons (Fsp3) is 0.263. The Morgan fingerprint density at radius 3 is 2.93 bits per heavy atom. The van der Waals surface area contributed by atoms with Gasteiger partial charge in [-0.25, -0.2) is 9.67 Å². The Bertz CT molecular complexity index is 1120. The summed E-state index contributed by atoms with van der Waals surface area (Å²) in [7, 11) is 0. The molecule has 0 saturated heterocycles. The molecule has 0 amide bonds. The van der Waals surface area contributed by atoms with Gasteiger partial charge in [0.1, 0.15) is 0 Å².